The summed E-state index contributed by atoms with van der Waals surface area (Å²) in [4.78, 5) is 0. The molecule has 0 saturated heterocycles. The van der Waals surface area contributed by atoms with E-state index in [-0.39, 0.29) is 6.61 Å². The highest BCUT2D eigenvalue weighted by Crippen LogP contribution is 2.31. The third-order valence-corrected chi connectivity index (χ3v) is 4.01. The predicted molar refractivity (Wildman–Crippen MR) is 97.7 cm³/mol. The van der Waals surface area contributed by atoms with Crippen molar-refractivity contribution >= 4 is 0 Å². The van der Waals surface area contributed by atoms with E-state index >= 15 is 0 Å². The van der Waals surface area contributed by atoms with Gasteiger partial charge >= 0.3 is 0 Å². The molecule has 0 spiro atoms. The van der Waals surface area contributed by atoms with Crippen LogP contribution in [-0.2, 0) is 6.61 Å². The summed E-state index contributed by atoms with van der Waals surface area (Å²) >= 11 is 0. The maximum Gasteiger partial charge on any atom is 0.254 e. The molecule has 0 aliphatic rings. The molecule has 0 saturated carbocycles. The van der Waals surface area contributed by atoms with E-state index in [0.29, 0.717) is 29.2 Å². The van der Waals surface area contributed by atoms with Crippen LogP contribution in [-0.4, -0.2) is 24.4 Å². The van der Waals surface area contributed by atoms with Gasteiger partial charge in [-0.1, -0.05) is 26.0 Å². The van der Waals surface area contributed by atoms with E-state index in [4.69, 9.17) is 18.6 Å². The maximum atomic E-state index is 5.72. The molecule has 0 atom stereocenters. The second kappa shape index (κ2) is 7.91. The number of ether oxygens (including phenoxy) is 3. The first-order valence-corrected chi connectivity index (χ1v) is 8.38. The van der Waals surface area contributed by atoms with Gasteiger partial charge in [0.25, 0.3) is 5.89 Å². The summed E-state index contributed by atoms with van der Waals surface area (Å²) in [5.74, 6) is 3.31. The highest BCUT2D eigenvalue weighted by Gasteiger charge is 2.12. The van der Waals surface area contributed by atoms with Crippen LogP contribution in [0.3, 0.4) is 0 Å². The minimum Gasteiger partial charge on any atom is -0.493 e. The Balaban J connectivity index is 1.68. The fraction of sp³-hybridized carbons (Fsp3) is 0.300. The Morgan fingerprint density at radius 2 is 1.65 bits per heavy atom. The third kappa shape index (κ3) is 3.96. The van der Waals surface area contributed by atoms with Gasteiger partial charge in [0.1, 0.15) is 5.75 Å². The number of hydrogen-bond acceptors (Lipinski definition) is 6. The van der Waals surface area contributed by atoms with Gasteiger partial charge in [-0.3, -0.25) is 0 Å². The molecule has 6 heteroatoms. The number of aromatic nitrogens is 2. The van der Waals surface area contributed by atoms with Crippen molar-refractivity contribution in [2.45, 2.75) is 26.4 Å². The van der Waals surface area contributed by atoms with Crippen molar-refractivity contribution < 1.29 is 18.6 Å². The molecule has 0 unspecified atom stereocenters. The number of nitrogens with zero attached hydrogens (tertiary/aromatic N) is 2. The van der Waals surface area contributed by atoms with Crippen LogP contribution in [0, 0.1) is 0 Å². The minimum atomic E-state index is 0.210. The van der Waals surface area contributed by atoms with E-state index in [1.54, 1.807) is 26.4 Å². The Hall–Kier alpha value is -3.02. The van der Waals surface area contributed by atoms with Gasteiger partial charge in [-0.2, -0.15) is 0 Å². The molecular weight excluding hydrogens is 332 g/mol. The highest BCUT2D eigenvalue weighted by molar-refractivity contribution is 5.59. The Morgan fingerprint density at radius 1 is 0.923 bits per heavy atom. The molecule has 0 bridgehead atoms. The topological polar surface area (TPSA) is 66.6 Å². The lowest BCUT2D eigenvalue weighted by atomic mass is 10.0. The van der Waals surface area contributed by atoms with Crippen LogP contribution in [0.15, 0.2) is 46.9 Å². The molecule has 2 aromatic carbocycles. The van der Waals surface area contributed by atoms with Gasteiger partial charge in [-0.25, -0.2) is 0 Å². The summed E-state index contributed by atoms with van der Waals surface area (Å²) in [6.07, 6.45) is 0. The standard InChI is InChI=1S/C20H22N2O4/c1-13(2)14-5-8-16(9-6-14)25-12-19-21-22-20(26-19)15-7-10-17(23-3)18(11-15)24-4/h5-11,13H,12H2,1-4H3. The largest absolute Gasteiger partial charge is 0.493 e. The lowest BCUT2D eigenvalue weighted by Crippen LogP contribution is -1.96. The fourth-order valence-corrected chi connectivity index (χ4v) is 2.49. The van der Waals surface area contributed by atoms with Gasteiger partial charge in [0.05, 0.1) is 14.2 Å². The van der Waals surface area contributed by atoms with Crippen molar-refractivity contribution in [3.8, 4) is 28.7 Å². The van der Waals surface area contributed by atoms with E-state index in [9.17, 15) is 0 Å². The second-order valence-electron chi connectivity index (χ2n) is 6.08. The van der Waals surface area contributed by atoms with Crippen LogP contribution in [0.1, 0.15) is 31.2 Å². The van der Waals surface area contributed by atoms with Gasteiger partial charge in [0.2, 0.25) is 5.89 Å². The van der Waals surface area contributed by atoms with Gasteiger partial charge in [-0.15, -0.1) is 10.2 Å². The van der Waals surface area contributed by atoms with Crippen LogP contribution >= 0.6 is 0 Å². The Morgan fingerprint density at radius 3 is 2.31 bits per heavy atom. The van der Waals surface area contributed by atoms with Crippen LogP contribution < -0.4 is 14.2 Å². The summed E-state index contributed by atoms with van der Waals surface area (Å²) < 4.78 is 21.9. The Bertz CT molecular complexity index is 857. The zero-order valence-electron chi connectivity index (χ0n) is 15.4. The van der Waals surface area contributed by atoms with Crippen molar-refractivity contribution in [3.05, 3.63) is 53.9 Å². The fourth-order valence-electron chi connectivity index (χ4n) is 2.49. The number of rotatable bonds is 7. The first-order chi connectivity index (χ1) is 12.6. The minimum absolute atomic E-state index is 0.210. The maximum absolute atomic E-state index is 5.72. The van der Waals surface area contributed by atoms with Crippen LogP contribution in [0.5, 0.6) is 17.2 Å². The monoisotopic (exact) mass is 354 g/mol. The second-order valence-corrected chi connectivity index (χ2v) is 6.08. The van der Waals surface area contributed by atoms with Crippen LogP contribution in [0.4, 0.5) is 0 Å². The molecule has 3 rings (SSSR count). The summed E-state index contributed by atoms with van der Waals surface area (Å²) in [5, 5.41) is 8.11. The molecule has 3 aromatic rings. The molecule has 136 valence electrons. The SMILES string of the molecule is COc1ccc(-c2nnc(COc3ccc(C(C)C)cc3)o2)cc1OC. The van der Waals surface area contributed by atoms with Gasteiger partial charge in [-0.05, 0) is 41.8 Å². The van der Waals surface area contributed by atoms with Gasteiger partial charge < -0.3 is 18.6 Å². The molecule has 1 aromatic heterocycles. The van der Waals surface area contributed by atoms with Crippen LogP contribution in [0.2, 0.25) is 0 Å². The number of benzene rings is 2. The molecule has 0 amide bonds. The van der Waals surface area contributed by atoms with E-state index in [1.807, 2.05) is 18.2 Å². The first kappa shape index (κ1) is 17.8. The molecule has 0 aliphatic carbocycles. The van der Waals surface area contributed by atoms with E-state index in [2.05, 4.69) is 36.2 Å². The summed E-state index contributed by atoms with van der Waals surface area (Å²) in [5.41, 5.74) is 2.02. The van der Waals surface area contributed by atoms with Gasteiger partial charge in [0.15, 0.2) is 18.1 Å². The molecule has 26 heavy (non-hydrogen) atoms. The number of hydrogen-bond donors (Lipinski definition) is 0. The average Bonchev–Trinajstić information content (AvgIpc) is 3.15. The summed E-state index contributed by atoms with van der Waals surface area (Å²) in [6, 6.07) is 13.4. The molecule has 0 aliphatic heterocycles. The Labute approximate surface area is 152 Å². The lowest BCUT2D eigenvalue weighted by molar-refractivity contribution is 0.264. The third-order valence-electron chi connectivity index (χ3n) is 4.01. The zero-order chi connectivity index (χ0) is 18.5. The molecule has 1 heterocycles. The quantitative estimate of drug-likeness (QED) is 0.624. The lowest BCUT2D eigenvalue weighted by Gasteiger charge is -2.08. The molecule has 0 fully saturated rings. The smallest absolute Gasteiger partial charge is 0.254 e. The van der Waals surface area contributed by atoms with Crippen molar-refractivity contribution in [1.82, 2.24) is 10.2 Å². The summed E-state index contributed by atoms with van der Waals surface area (Å²) in [6.45, 7) is 4.52. The van der Waals surface area contributed by atoms with Crippen LogP contribution in [0.25, 0.3) is 11.5 Å². The molecule has 6 nitrogen and oxygen atoms in total. The molecular formula is C20H22N2O4. The van der Waals surface area contributed by atoms with Crippen molar-refractivity contribution in [2.24, 2.45) is 0 Å². The number of methoxy groups -OCH3 is 2. The Kier molecular flexibility index (Phi) is 5.41. The zero-order valence-corrected chi connectivity index (χ0v) is 15.4. The van der Waals surface area contributed by atoms with Crippen molar-refractivity contribution in [2.75, 3.05) is 14.2 Å². The van der Waals surface area contributed by atoms with E-state index in [0.717, 1.165) is 11.3 Å². The van der Waals surface area contributed by atoms with E-state index in [1.165, 1.54) is 5.56 Å². The predicted octanol–water partition coefficient (Wildman–Crippen LogP) is 4.46. The first-order valence-electron chi connectivity index (χ1n) is 8.38. The van der Waals surface area contributed by atoms with Crippen molar-refractivity contribution in [3.63, 3.8) is 0 Å². The van der Waals surface area contributed by atoms with Gasteiger partial charge in [0, 0.05) is 5.56 Å². The molecule has 0 radical (unpaired) electrons. The highest BCUT2D eigenvalue weighted by atomic mass is 16.5. The normalized spacial score (nSPS) is 10.8. The molecule has 0 N–H and O–H groups in total. The van der Waals surface area contributed by atoms with Crippen molar-refractivity contribution in [1.29, 1.82) is 0 Å². The average molecular weight is 354 g/mol. The summed E-state index contributed by atoms with van der Waals surface area (Å²) in [7, 11) is 3.17. The van der Waals surface area contributed by atoms with E-state index < -0.39 is 0 Å².